The van der Waals surface area contributed by atoms with Crippen LogP contribution >= 0.6 is 0 Å². The van der Waals surface area contributed by atoms with Gasteiger partial charge in [-0.25, -0.2) is 0 Å². The molecule has 0 aromatic carbocycles. The molecule has 0 aliphatic heterocycles. The molecule has 0 rings (SSSR count). The van der Waals surface area contributed by atoms with Crippen molar-refractivity contribution in [3.63, 3.8) is 0 Å². The molecule has 0 bridgehead atoms. The lowest BCUT2D eigenvalue weighted by Gasteiger charge is -2.21. The molecule has 0 spiro atoms. The number of likely N-dealkylation sites (N-methyl/N-ethyl adjacent to an activating group) is 2. The third-order valence-electron chi connectivity index (χ3n) is 1.54. The van der Waals surface area contributed by atoms with Crippen molar-refractivity contribution in [1.82, 2.24) is 10.2 Å². The molecule has 56 valence electrons. The maximum Gasteiger partial charge on any atom is 0.0455 e. The zero-order chi connectivity index (χ0) is 7.28. The lowest BCUT2D eigenvalue weighted by atomic mass is 10.3. The van der Waals surface area contributed by atoms with Crippen molar-refractivity contribution in [2.24, 2.45) is 5.73 Å². The van der Waals surface area contributed by atoms with Crippen molar-refractivity contribution in [1.29, 1.82) is 0 Å². The van der Waals surface area contributed by atoms with Gasteiger partial charge in [-0.15, -0.1) is 0 Å². The van der Waals surface area contributed by atoms with E-state index in [1.54, 1.807) is 0 Å². The van der Waals surface area contributed by atoms with E-state index in [0.717, 1.165) is 6.54 Å². The largest absolute Gasteiger partial charge is 0.318 e. The minimum absolute atomic E-state index is 0.528. The van der Waals surface area contributed by atoms with E-state index in [2.05, 4.69) is 17.1 Å². The van der Waals surface area contributed by atoms with Gasteiger partial charge < -0.3 is 11.1 Å². The topological polar surface area (TPSA) is 41.3 Å². The predicted octanol–water partition coefficient (Wildman–Crippen LogP) is -0.558. The number of hydrogen-bond donors (Lipinski definition) is 2. The quantitative estimate of drug-likeness (QED) is 0.503. The van der Waals surface area contributed by atoms with Gasteiger partial charge in [0.15, 0.2) is 0 Å². The molecule has 0 aliphatic rings. The van der Waals surface area contributed by atoms with Crippen LogP contribution in [0.1, 0.15) is 6.92 Å². The predicted molar refractivity (Wildman–Crippen MR) is 40.2 cm³/mol. The van der Waals surface area contributed by atoms with E-state index in [1.807, 2.05) is 14.1 Å². The van der Waals surface area contributed by atoms with Gasteiger partial charge in [0.05, 0.1) is 0 Å². The molecule has 3 N–H and O–H groups in total. The molecule has 9 heavy (non-hydrogen) atoms. The molecular formula is C6H17N3. The fourth-order valence-corrected chi connectivity index (χ4v) is 0.631. The molecule has 0 fully saturated rings. The van der Waals surface area contributed by atoms with Crippen LogP contribution < -0.4 is 11.1 Å². The van der Waals surface area contributed by atoms with E-state index in [4.69, 9.17) is 5.73 Å². The van der Waals surface area contributed by atoms with Crippen LogP contribution in [0.25, 0.3) is 0 Å². The number of nitrogens with two attached hydrogens (primary N) is 1. The highest BCUT2D eigenvalue weighted by molar-refractivity contribution is 4.61. The molecular weight excluding hydrogens is 114 g/mol. The van der Waals surface area contributed by atoms with Gasteiger partial charge in [0.1, 0.15) is 0 Å². The molecule has 1 atom stereocenters. The van der Waals surface area contributed by atoms with E-state index in [-0.39, 0.29) is 0 Å². The van der Waals surface area contributed by atoms with E-state index in [0.29, 0.717) is 12.7 Å². The second kappa shape index (κ2) is 4.73. The van der Waals surface area contributed by atoms with E-state index < -0.39 is 0 Å². The Hall–Kier alpha value is -0.120. The normalized spacial score (nSPS) is 14.3. The number of rotatable bonds is 4. The fraction of sp³-hybridized carbons (Fsp3) is 1.00. The summed E-state index contributed by atoms with van der Waals surface area (Å²) in [5, 5.41) is 3.09. The van der Waals surface area contributed by atoms with Crippen LogP contribution in [0.4, 0.5) is 0 Å². The van der Waals surface area contributed by atoms with Crippen molar-refractivity contribution in [2.75, 3.05) is 27.3 Å². The van der Waals surface area contributed by atoms with Crippen LogP contribution in [0.5, 0.6) is 0 Å². The van der Waals surface area contributed by atoms with E-state index in [9.17, 15) is 0 Å². The molecule has 1 unspecified atom stereocenters. The molecule has 3 nitrogen and oxygen atoms in total. The summed E-state index contributed by atoms with van der Waals surface area (Å²) < 4.78 is 0. The zero-order valence-electron chi connectivity index (χ0n) is 6.52. The number of hydrogen-bond acceptors (Lipinski definition) is 3. The first kappa shape index (κ1) is 8.88. The van der Waals surface area contributed by atoms with E-state index in [1.165, 1.54) is 0 Å². The Morgan fingerprint density at radius 3 is 2.56 bits per heavy atom. The number of nitrogens with zero attached hydrogens (tertiary/aromatic N) is 1. The first-order valence-electron chi connectivity index (χ1n) is 3.27. The maximum atomic E-state index is 5.40. The monoisotopic (exact) mass is 131 g/mol. The van der Waals surface area contributed by atoms with Crippen LogP contribution in [0, 0.1) is 0 Å². The molecule has 0 heterocycles. The second-order valence-electron chi connectivity index (χ2n) is 2.35. The number of nitrogens with one attached hydrogen (secondary N) is 1. The van der Waals surface area contributed by atoms with Gasteiger partial charge in [-0.05, 0) is 21.0 Å². The molecule has 0 radical (unpaired) electrons. The summed E-state index contributed by atoms with van der Waals surface area (Å²) in [6.07, 6.45) is 0. The summed E-state index contributed by atoms with van der Waals surface area (Å²) in [6, 6.07) is 0.528. The third kappa shape index (κ3) is 3.46. The molecule has 3 heteroatoms. The second-order valence-corrected chi connectivity index (χ2v) is 2.35. The molecule has 0 aromatic heterocycles. The minimum Gasteiger partial charge on any atom is -0.318 e. The Morgan fingerprint density at radius 2 is 2.22 bits per heavy atom. The zero-order valence-corrected chi connectivity index (χ0v) is 6.52. The average Bonchev–Trinajstić information content (AvgIpc) is 1.87. The molecule has 0 saturated carbocycles. The van der Waals surface area contributed by atoms with Crippen LogP contribution in [0.2, 0.25) is 0 Å². The highest BCUT2D eigenvalue weighted by Crippen LogP contribution is 1.88. The summed E-state index contributed by atoms with van der Waals surface area (Å²) in [6.45, 7) is 3.76. The third-order valence-corrected chi connectivity index (χ3v) is 1.54. The molecule has 0 aromatic rings. The van der Waals surface area contributed by atoms with Crippen LogP contribution in [-0.4, -0.2) is 38.3 Å². The maximum absolute atomic E-state index is 5.40. The van der Waals surface area contributed by atoms with Gasteiger partial charge in [-0.2, -0.15) is 0 Å². The molecule has 0 amide bonds. The first-order chi connectivity index (χ1) is 4.22. The minimum atomic E-state index is 0.528. The Balaban J connectivity index is 3.32. The smallest absolute Gasteiger partial charge is 0.0455 e. The van der Waals surface area contributed by atoms with Crippen molar-refractivity contribution in [3.05, 3.63) is 0 Å². The SMILES string of the molecule is CNCC(C)N(C)CN. The molecule has 0 aliphatic carbocycles. The van der Waals surface area contributed by atoms with Crippen molar-refractivity contribution < 1.29 is 0 Å². The van der Waals surface area contributed by atoms with Gasteiger partial charge in [-0.3, -0.25) is 4.90 Å². The van der Waals surface area contributed by atoms with Crippen molar-refractivity contribution in [3.8, 4) is 0 Å². The van der Waals surface area contributed by atoms with Crippen molar-refractivity contribution in [2.45, 2.75) is 13.0 Å². The highest BCUT2D eigenvalue weighted by atomic mass is 15.2. The van der Waals surface area contributed by atoms with Crippen molar-refractivity contribution >= 4 is 0 Å². The summed E-state index contributed by atoms with van der Waals surface area (Å²) in [5.41, 5.74) is 5.40. The van der Waals surface area contributed by atoms with Crippen LogP contribution in [0.15, 0.2) is 0 Å². The average molecular weight is 131 g/mol. The summed E-state index contributed by atoms with van der Waals surface area (Å²) in [4.78, 5) is 2.09. The van der Waals surface area contributed by atoms with Gasteiger partial charge in [0.25, 0.3) is 0 Å². The lowest BCUT2D eigenvalue weighted by Crippen LogP contribution is -2.39. The Labute approximate surface area is 57.2 Å². The van der Waals surface area contributed by atoms with Gasteiger partial charge in [0.2, 0.25) is 0 Å². The Kier molecular flexibility index (Phi) is 4.67. The van der Waals surface area contributed by atoms with E-state index >= 15 is 0 Å². The Bertz CT molecular complexity index is 65.3. The molecule has 0 saturated heterocycles. The van der Waals surface area contributed by atoms with Gasteiger partial charge in [0, 0.05) is 19.3 Å². The summed E-state index contributed by atoms with van der Waals surface area (Å²) >= 11 is 0. The standard InChI is InChI=1S/C6H17N3/c1-6(4-8-2)9(3)5-7/h6,8H,4-5,7H2,1-3H3. The Morgan fingerprint density at radius 1 is 1.67 bits per heavy atom. The summed E-state index contributed by atoms with van der Waals surface area (Å²) in [7, 11) is 3.96. The summed E-state index contributed by atoms with van der Waals surface area (Å²) in [5.74, 6) is 0. The van der Waals surface area contributed by atoms with Gasteiger partial charge in [-0.1, -0.05) is 0 Å². The lowest BCUT2D eigenvalue weighted by molar-refractivity contribution is 0.261. The van der Waals surface area contributed by atoms with Crippen LogP contribution in [0.3, 0.4) is 0 Å². The fourth-order valence-electron chi connectivity index (χ4n) is 0.631. The first-order valence-corrected chi connectivity index (χ1v) is 3.27. The van der Waals surface area contributed by atoms with Crippen LogP contribution in [-0.2, 0) is 0 Å². The highest BCUT2D eigenvalue weighted by Gasteiger charge is 2.03. The van der Waals surface area contributed by atoms with Gasteiger partial charge >= 0.3 is 0 Å².